The molecule has 1 aromatic heterocycles. The fourth-order valence-electron chi connectivity index (χ4n) is 4.25. The molecule has 0 radical (unpaired) electrons. The van der Waals surface area contributed by atoms with Gasteiger partial charge in [-0.25, -0.2) is 4.79 Å². The topological polar surface area (TPSA) is 45.5 Å². The van der Waals surface area contributed by atoms with E-state index in [1.165, 1.54) is 33.3 Å². The van der Waals surface area contributed by atoms with Crippen molar-refractivity contribution < 1.29 is 9.90 Å². The maximum Gasteiger partial charge on any atom is 0.335 e. The number of carboxylic acid groups (broad SMARTS) is 1. The summed E-state index contributed by atoms with van der Waals surface area (Å²) in [5, 5.41) is 10.5. The molecular weight excluding hydrogens is 360 g/mol. The molecule has 1 aliphatic heterocycles. The molecule has 1 aliphatic rings. The van der Waals surface area contributed by atoms with E-state index >= 15 is 0 Å². The molecule has 4 nitrogen and oxygen atoms in total. The Kier molecular flexibility index (Phi) is 4.13. The molecule has 3 aromatic carbocycles. The van der Waals surface area contributed by atoms with Crippen LogP contribution in [0.3, 0.4) is 0 Å². The highest BCUT2D eigenvalue weighted by atomic mass is 16.4. The Morgan fingerprint density at radius 1 is 1.00 bits per heavy atom. The number of nitrogens with zero attached hydrogens (tertiary/aromatic N) is 2. The van der Waals surface area contributed by atoms with Gasteiger partial charge in [0.05, 0.1) is 5.56 Å². The summed E-state index contributed by atoms with van der Waals surface area (Å²) in [7, 11) is 2.07. The number of aromatic carboxylic acids is 1. The monoisotopic (exact) mass is 382 g/mol. The SMILES string of the molecule is Cn1ccc2ccc(-c3ccc4c(c3)N(Cc3cccc(C(=O)O)c3)CC4)cc21. The molecule has 0 saturated carbocycles. The van der Waals surface area contributed by atoms with Gasteiger partial charge in [0.25, 0.3) is 0 Å². The Bertz CT molecular complexity index is 1240. The molecule has 0 fully saturated rings. The zero-order chi connectivity index (χ0) is 20.0. The van der Waals surface area contributed by atoms with Crippen LogP contribution in [-0.4, -0.2) is 22.2 Å². The number of aryl methyl sites for hydroxylation is 1. The molecule has 4 heteroatoms. The Morgan fingerprint density at radius 3 is 2.69 bits per heavy atom. The predicted molar refractivity (Wildman–Crippen MR) is 117 cm³/mol. The molecule has 2 heterocycles. The number of anilines is 1. The normalized spacial score (nSPS) is 13.1. The Morgan fingerprint density at radius 2 is 1.83 bits per heavy atom. The number of carboxylic acids is 1. The van der Waals surface area contributed by atoms with Crippen LogP contribution in [0.5, 0.6) is 0 Å². The highest BCUT2D eigenvalue weighted by Gasteiger charge is 2.20. The van der Waals surface area contributed by atoms with E-state index in [0.717, 1.165) is 18.5 Å². The van der Waals surface area contributed by atoms with Gasteiger partial charge >= 0.3 is 5.97 Å². The van der Waals surface area contributed by atoms with Crippen LogP contribution in [0.25, 0.3) is 22.0 Å². The fourth-order valence-corrected chi connectivity index (χ4v) is 4.25. The molecule has 29 heavy (non-hydrogen) atoms. The van der Waals surface area contributed by atoms with Crippen molar-refractivity contribution in [2.45, 2.75) is 13.0 Å². The maximum absolute atomic E-state index is 11.3. The van der Waals surface area contributed by atoms with Gasteiger partial charge in [-0.2, -0.15) is 0 Å². The molecule has 0 unspecified atom stereocenters. The minimum absolute atomic E-state index is 0.339. The summed E-state index contributed by atoms with van der Waals surface area (Å²) in [5.74, 6) is -0.882. The summed E-state index contributed by atoms with van der Waals surface area (Å²) in [5.41, 5.74) is 7.60. The first-order chi connectivity index (χ1) is 14.1. The number of hydrogen-bond acceptors (Lipinski definition) is 2. The lowest BCUT2D eigenvalue weighted by Crippen LogP contribution is -2.19. The van der Waals surface area contributed by atoms with Gasteiger partial charge < -0.3 is 14.6 Å². The van der Waals surface area contributed by atoms with Crippen LogP contribution in [0.2, 0.25) is 0 Å². The number of rotatable bonds is 4. The quantitative estimate of drug-likeness (QED) is 0.534. The summed E-state index contributed by atoms with van der Waals surface area (Å²) < 4.78 is 2.15. The summed E-state index contributed by atoms with van der Waals surface area (Å²) in [6, 6.07) is 22.7. The van der Waals surface area contributed by atoms with Crippen molar-refractivity contribution in [2.75, 3.05) is 11.4 Å². The molecule has 4 aromatic rings. The van der Waals surface area contributed by atoms with Gasteiger partial charge in [0.2, 0.25) is 0 Å². The molecule has 0 bridgehead atoms. The lowest BCUT2D eigenvalue weighted by Gasteiger charge is -2.20. The standard InChI is InChI=1S/C25H22N2O2/c1-26-11-9-18-5-7-20(14-23(18)26)21-8-6-19-10-12-27(24(19)15-21)16-17-3-2-4-22(13-17)25(28)29/h2-9,11,13-15H,10,12,16H2,1H3,(H,28,29). The van der Waals surface area contributed by atoms with E-state index in [1.807, 2.05) is 12.1 Å². The van der Waals surface area contributed by atoms with Crippen LogP contribution in [0.1, 0.15) is 21.5 Å². The number of hydrogen-bond donors (Lipinski definition) is 1. The molecule has 0 saturated heterocycles. The molecule has 0 spiro atoms. The molecule has 144 valence electrons. The first-order valence-electron chi connectivity index (χ1n) is 9.84. The predicted octanol–water partition coefficient (Wildman–Crippen LogP) is 5.11. The number of aromatic nitrogens is 1. The lowest BCUT2D eigenvalue weighted by molar-refractivity contribution is 0.0696. The summed E-state index contributed by atoms with van der Waals surface area (Å²) in [4.78, 5) is 13.6. The van der Waals surface area contributed by atoms with E-state index < -0.39 is 5.97 Å². The van der Waals surface area contributed by atoms with Crippen LogP contribution in [0, 0.1) is 0 Å². The second-order valence-electron chi connectivity index (χ2n) is 7.72. The highest BCUT2D eigenvalue weighted by Crippen LogP contribution is 2.34. The maximum atomic E-state index is 11.3. The van der Waals surface area contributed by atoms with Gasteiger partial charge in [0.15, 0.2) is 0 Å². The summed E-state index contributed by atoms with van der Waals surface area (Å²) in [6.45, 7) is 1.67. The van der Waals surface area contributed by atoms with Crippen molar-refractivity contribution in [3.63, 3.8) is 0 Å². The third-order valence-electron chi connectivity index (χ3n) is 5.85. The van der Waals surface area contributed by atoms with E-state index in [9.17, 15) is 9.90 Å². The van der Waals surface area contributed by atoms with E-state index in [2.05, 4.69) is 65.2 Å². The Balaban J connectivity index is 1.48. The largest absolute Gasteiger partial charge is 0.478 e. The third-order valence-corrected chi connectivity index (χ3v) is 5.85. The average molecular weight is 382 g/mol. The zero-order valence-corrected chi connectivity index (χ0v) is 16.3. The Labute approximate surface area is 169 Å². The average Bonchev–Trinajstić information content (AvgIpc) is 3.31. The van der Waals surface area contributed by atoms with Gasteiger partial charge in [0.1, 0.15) is 0 Å². The number of carbonyl (C=O) groups is 1. The zero-order valence-electron chi connectivity index (χ0n) is 16.3. The van der Waals surface area contributed by atoms with Crippen molar-refractivity contribution >= 4 is 22.6 Å². The second-order valence-corrected chi connectivity index (χ2v) is 7.72. The number of benzene rings is 3. The second kappa shape index (κ2) is 6.82. The minimum Gasteiger partial charge on any atom is -0.478 e. The van der Waals surface area contributed by atoms with Crippen molar-refractivity contribution in [3.05, 3.63) is 89.6 Å². The molecule has 5 rings (SSSR count). The third kappa shape index (κ3) is 3.17. The van der Waals surface area contributed by atoms with E-state index in [0.29, 0.717) is 12.1 Å². The smallest absolute Gasteiger partial charge is 0.335 e. The first-order valence-corrected chi connectivity index (χ1v) is 9.84. The lowest BCUT2D eigenvalue weighted by atomic mass is 10.0. The Hall–Kier alpha value is -3.53. The van der Waals surface area contributed by atoms with Crippen molar-refractivity contribution in [1.82, 2.24) is 4.57 Å². The highest BCUT2D eigenvalue weighted by molar-refractivity contribution is 5.88. The molecule has 0 aliphatic carbocycles. The minimum atomic E-state index is -0.882. The van der Waals surface area contributed by atoms with E-state index in [-0.39, 0.29) is 0 Å². The van der Waals surface area contributed by atoms with Crippen LogP contribution in [0.4, 0.5) is 5.69 Å². The van der Waals surface area contributed by atoms with Gasteiger partial charge in [0, 0.05) is 37.5 Å². The van der Waals surface area contributed by atoms with Gasteiger partial charge in [-0.1, -0.05) is 36.4 Å². The van der Waals surface area contributed by atoms with Crippen LogP contribution >= 0.6 is 0 Å². The van der Waals surface area contributed by atoms with Gasteiger partial charge in [-0.3, -0.25) is 0 Å². The summed E-state index contributed by atoms with van der Waals surface area (Å²) in [6.07, 6.45) is 3.11. The molecule has 0 atom stereocenters. The van der Waals surface area contributed by atoms with Crippen LogP contribution in [0.15, 0.2) is 72.9 Å². The van der Waals surface area contributed by atoms with Crippen LogP contribution < -0.4 is 4.90 Å². The van der Waals surface area contributed by atoms with Crippen molar-refractivity contribution in [2.24, 2.45) is 7.05 Å². The van der Waals surface area contributed by atoms with E-state index in [4.69, 9.17) is 0 Å². The fraction of sp³-hybridized carbons (Fsp3) is 0.160. The van der Waals surface area contributed by atoms with Gasteiger partial charge in [-0.15, -0.1) is 0 Å². The molecule has 0 amide bonds. The van der Waals surface area contributed by atoms with Crippen LogP contribution in [-0.2, 0) is 20.0 Å². The first kappa shape index (κ1) is 17.6. The summed E-state index contributed by atoms with van der Waals surface area (Å²) >= 11 is 0. The van der Waals surface area contributed by atoms with E-state index in [1.54, 1.807) is 12.1 Å². The molecular formula is C25H22N2O2. The molecule has 1 N–H and O–H groups in total. The van der Waals surface area contributed by atoms with Crippen molar-refractivity contribution in [1.29, 1.82) is 0 Å². The van der Waals surface area contributed by atoms with Crippen molar-refractivity contribution in [3.8, 4) is 11.1 Å². The number of fused-ring (bicyclic) bond motifs is 2. The van der Waals surface area contributed by atoms with Gasteiger partial charge in [-0.05, 0) is 64.4 Å².